The van der Waals surface area contributed by atoms with Crippen LogP contribution in [0.5, 0.6) is 0 Å². The molecule has 0 saturated carbocycles. The number of hydrogen-bond donors (Lipinski definition) is 1. The minimum absolute atomic E-state index is 0.0203. The summed E-state index contributed by atoms with van der Waals surface area (Å²) in [4.78, 5) is 12.2. The summed E-state index contributed by atoms with van der Waals surface area (Å²) in [6.45, 7) is 1.03. The zero-order chi connectivity index (χ0) is 18.0. The molecule has 25 heavy (non-hydrogen) atoms. The second-order valence-electron chi connectivity index (χ2n) is 4.98. The lowest BCUT2D eigenvalue weighted by Crippen LogP contribution is -2.40. The lowest BCUT2D eigenvalue weighted by atomic mass is 10.2. The summed E-state index contributed by atoms with van der Waals surface area (Å²) in [5.74, 6) is -0.600. The second-order valence-corrected chi connectivity index (χ2v) is 8.53. The summed E-state index contributed by atoms with van der Waals surface area (Å²) in [6, 6.07) is 2.41. The van der Waals surface area contributed by atoms with E-state index in [9.17, 15) is 13.2 Å². The molecule has 8 nitrogen and oxygen atoms in total. The van der Waals surface area contributed by atoms with E-state index in [2.05, 4.69) is 15.5 Å². The molecular weight excluding hydrogens is 411 g/mol. The summed E-state index contributed by atoms with van der Waals surface area (Å²) in [7, 11) is -3.87. The molecule has 1 N–H and O–H groups in total. The molecule has 1 aliphatic heterocycles. The van der Waals surface area contributed by atoms with Gasteiger partial charge in [-0.2, -0.15) is 4.31 Å². The minimum Gasteiger partial charge on any atom is -0.379 e. The number of carbonyl (C=O) groups is 1. The molecule has 0 unspecified atom stereocenters. The van der Waals surface area contributed by atoms with Gasteiger partial charge < -0.3 is 4.74 Å². The number of amides is 1. The van der Waals surface area contributed by atoms with Crippen molar-refractivity contribution in [3.63, 3.8) is 0 Å². The van der Waals surface area contributed by atoms with Crippen LogP contribution in [0, 0.1) is 0 Å². The lowest BCUT2D eigenvalue weighted by molar-refractivity contribution is 0.0730. The molecule has 0 atom stereocenters. The van der Waals surface area contributed by atoms with E-state index in [0.29, 0.717) is 13.2 Å². The molecule has 2 heterocycles. The topological polar surface area (TPSA) is 101 Å². The molecule has 2 aromatic rings. The van der Waals surface area contributed by atoms with Gasteiger partial charge in [-0.05, 0) is 12.1 Å². The molecule has 1 aliphatic rings. The van der Waals surface area contributed by atoms with Gasteiger partial charge in [0.25, 0.3) is 5.91 Å². The normalized spacial score (nSPS) is 15.9. The molecule has 134 valence electrons. The maximum Gasteiger partial charge on any atom is 0.259 e. The maximum absolute atomic E-state index is 12.8. The predicted octanol–water partition coefficient (Wildman–Crippen LogP) is 2.12. The van der Waals surface area contributed by atoms with Crippen LogP contribution in [0.1, 0.15) is 10.4 Å². The van der Waals surface area contributed by atoms with Crippen LogP contribution in [0.15, 0.2) is 22.5 Å². The van der Waals surface area contributed by atoms with Crippen molar-refractivity contribution >= 4 is 55.6 Å². The molecule has 0 bridgehead atoms. The largest absolute Gasteiger partial charge is 0.379 e. The van der Waals surface area contributed by atoms with Gasteiger partial charge in [0.05, 0.1) is 28.8 Å². The third-order valence-electron chi connectivity index (χ3n) is 3.43. The Hall–Kier alpha value is -1.30. The summed E-state index contributed by atoms with van der Waals surface area (Å²) in [5.41, 5.74) is 1.43. The first-order valence-corrected chi connectivity index (χ1v) is 10.1. The van der Waals surface area contributed by atoms with E-state index < -0.39 is 15.9 Å². The Labute approximate surface area is 157 Å². The van der Waals surface area contributed by atoms with Crippen LogP contribution < -0.4 is 5.32 Å². The Morgan fingerprint density at radius 3 is 2.60 bits per heavy atom. The SMILES string of the molecule is O=C(Nc1nncs1)c1cc(S(=O)(=O)N2CCOCC2)c(Cl)cc1Cl. The van der Waals surface area contributed by atoms with E-state index in [1.54, 1.807) is 0 Å². The van der Waals surface area contributed by atoms with Gasteiger partial charge in [0.15, 0.2) is 0 Å². The van der Waals surface area contributed by atoms with Crippen molar-refractivity contribution in [2.75, 3.05) is 31.6 Å². The first-order valence-electron chi connectivity index (χ1n) is 7.04. The summed E-state index contributed by atoms with van der Waals surface area (Å²) in [6.07, 6.45) is 0. The standard InChI is InChI=1S/C13H12Cl2N4O4S2/c14-9-6-10(15)11(25(21,22)19-1-3-23-4-2-19)5-8(9)12(20)17-13-18-16-7-24-13/h5-7H,1-4H2,(H,17,18,20). The van der Waals surface area contributed by atoms with Gasteiger partial charge in [-0.1, -0.05) is 34.5 Å². The van der Waals surface area contributed by atoms with E-state index >= 15 is 0 Å². The summed E-state index contributed by atoms with van der Waals surface area (Å²) >= 11 is 13.3. The van der Waals surface area contributed by atoms with Crippen molar-refractivity contribution in [1.29, 1.82) is 0 Å². The molecule has 1 saturated heterocycles. The highest BCUT2D eigenvalue weighted by molar-refractivity contribution is 7.89. The predicted molar refractivity (Wildman–Crippen MR) is 93.9 cm³/mol. The number of hydrogen-bond acceptors (Lipinski definition) is 7. The molecule has 0 aliphatic carbocycles. The number of benzene rings is 1. The smallest absolute Gasteiger partial charge is 0.259 e. The van der Waals surface area contributed by atoms with Crippen molar-refractivity contribution < 1.29 is 17.9 Å². The molecule has 12 heteroatoms. The Morgan fingerprint density at radius 2 is 1.96 bits per heavy atom. The Balaban J connectivity index is 1.96. The van der Waals surface area contributed by atoms with Crippen LogP contribution >= 0.6 is 34.5 Å². The lowest BCUT2D eigenvalue weighted by Gasteiger charge is -2.26. The van der Waals surface area contributed by atoms with Crippen molar-refractivity contribution in [2.24, 2.45) is 0 Å². The van der Waals surface area contributed by atoms with Crippen LogP contribution in [-0.4, -0.2) is 55.1 Å². The van der Waals surface area contributed by atoms with Gasteiger partial charge in [-0.15, -0.1) is 10.2 Å². The third-order valence-corrected chi connectivity index (χ3v) is 6.72. The van der Waals surface area contributed by atoms with E-state index in [1.165, 1.54) is 21.9 Å². The second kappa shape index (κ2) is 7.52. The van der Waals surface area contributed by atoms with Gasteiger partial charge in [0.2, 0.25) is 15.2 Å². The fourth-order valence-electron chi connectivity index (χ4n) is 2.22. The number of sulfonamides is 1. The zero-order valence-electron chi connectivity index (χ0n) is 12.6. The molecule has 1 aromatic heterocycles. The number of aromatic nitrogens is 2. The molecule has 0 spiro atoms. The number of carbonyl (C=O) groups excluding carboxylic acids is 1. The van der Waals surface area contributed by atoms with Gasteiger partial charge in [0.1, 0.15) is 10.4 Å². The first kappa shape index (κ1) is 18.5. The Morgan fingerprint density at radius 1 is 1.24 bits per heavy atom. The van der Waals surface area contributed by atoms with Crippen LogP contribution in [-0.2, 0) is 14.8 Å². The fourth-order valence-corrected chi connectivity index (χ4v) is 4.90. The Kier molecular flexibility index (Phi) is 5.56. The molecule has 3 rings (SSSR count). The number of morpholine rings is 1. The van der Waals surface area contributed by atoms with Crippen molar-refractivity contribution in [2.45, 2.75) is 4.90 Å². The van der Waals surface area contributed by atoms with E-state index in [1.807, 2.05) is 0 Å². The van der Waals surface area contributed by atoms with Gasteiger partial charge in [0, 0.05) is 13.1 Å². The first-order chi connectivity index (χ1) is 11.9. The van der Waals surface area contributed by atoms with Crippen LogP contribution in [0.2, 0.25) is 10.0 Å². The summed E-state index contributed by atoms with van der Waals surface area (Å²) < 4.78 is 32.0. The number of nitrogens with zero attached hydrogens (tertiary/aromatic N) is 3. The summed E-state index contributed by atoms with van der Waals surface area (Å²) in [5, 5.41) is 10.1. The van der Waals surface area contributed by atoms with E-state index in [0.717, 1.165) is 11.3 Å². The maximum atomic E-state index is 12.8. The quantitative estimate of drug-likeness (QED) is 0.809. The van der Waals surface area contributed by atoms with Crippen molar-refractivity contribution in [3.05, 3.63) is 33.3 Å². The van der Waals surface area contributed by atoms with Gasteiger partial charge in [-0.25, -0.2) is 8.42 Å². The van der Waals surface area contributed by atoms with Crippen molar-refractivity contribution in [3.8, 4) is 0 Å². The molecule has 0 radical (unpaired) electrons. The molecule has 1 amide bonds. The van der Waals surface area contributed by atoms with Gasteiger partial charge in [-0.3, -0.25) is 10.1 Å². The highest BCUT2D eigenvalue weighted by Crippen LogP contribution is 2.31. The number of ether oxygens (including phenoxy) is 1. The molecule has 1 aromatic carbocycles. The molecule has 1 fully saturated rings. The average Bonchev–Trinajstić information content (AvgIpc) is 3.08. The van der Waals surface area contributed by atoms with Crippen LogP contribution in [0.3, 0.4) is 0 Å². The number of halogens is 2. The van der Waals surface area contributed by atoms with E-state index in [4.69, 9.17) is 27.9 Å². The fraction of sp³-hybridized carbons (Fsp3) is 0.308. The number of nitrogens with one attached hydrogen (secondary N) is 1. The van der Waals surface area contributed by atoms with Crippen LogP contribution in [0.4, 0.5) is 5.13 Å². The third kappa shape index (κ3) is 3.94. The van der Waals surface area contributed by atoms with Crippen LogP contribution in [0.25, 0.3) is 0 Å². The highest BCUT2D eigenvalue weighted by Gasteiger charge is 2.30. The van der Waals surface area contributed by atoms with Crippen molar-refractivity contribution in [1.82, 2.24) is 14.5 Å². The average molecular weight is 423 g/mol. The zero-order valence-corrected chi connectivity index (χ0v) is 15.8. The number of rotatable bonds is 4. The monoisotopic (exact) mass is 422 g/mol. The van der Waals surface area contributed by atoms with Gasteiger partial charge >= 0.3 is 0 Å². The minimum atomic E-state index is -3.87. The highest BCUT2D eigenvalue weighted by atomic mass is 35.5. The molecular formula is C13H12Cl2N4O4S2. The Bertz CT molecular complexity index is 884. The van der Waals surface area contributed by atoms with E-state index in [-0.39, 0.29) is 38.7 Å². The number of anilines is 1.